The average Bonchev–Trinajstić information content (AvgIpc) is 3.58. The highest BCUT2D eigenvalue weighted by atomic mass is 16.2. The molecule has 6 heteroatoms. The highest BCUT2D eigenvalue weighted by Crippen LogP contribution is 2.28. The van der Waals surface area contributed by atoms with Crippen molar-refractivity contribution in [2.75, 3.05) is 13.1 Å². The molecule has 2 amide bonds. The minimum atomic E-state index is -0.0181. The van der Waals surface area contributed by atoms with Gasteiger partial charge >= 0.3 is 0 Å². The molecule has 1 saturated carbocycles. The zero-order valence-corrected chi connectivity index (χ0v) is 20.0. The van der Waals surface area contributed by atoms with Crippen LogP contribution in [0.2, 0.25) is 0 Å². The SMILES string of the molecule is CCc1ccc(-c2nn(-c3ccccc3C)cc2C(=O)N2CCC(C(=O)NC3CC3)CC2)cc1. The monoisotopic (exact) mass is 456 g/mol. The number of carbonyl (C=O) groups is 2. The van der Waals surface area contributed by atoms with Crippen LogP contribution in [0.15, 0.2) is 54.7 Å². The van der Waals surface area contributed by atoms with Crippen LogP contribution in [0.25, 0.3) is 16.9 Å². The Morgan fingerprint density at radius 2 is 1.71 bits per heavy atom. The molecule has 2 aliphatic rings. The standard InChI is InChI=1S/C28H32N4O2/c1-3-20-8-10-21(11-9-20)26-24(18-32(30-26)25-7-5-4-6-19(25)2)28(34)31-16-14-22(15-17-31)27(33)29-23-12-13-23/h4-11,18,22-23H,3,12-17H2,1-2H3,(H,29,33). The summed E-state index contributed by atoms with van der Waals surface area (Å²) >= 11 is 0. The van der Waals surface area contributed by atoms with Crippen molar-refractivity contribution >= 4 is 11.8 Å². The van der Waals surface area contributed by atoms with Crippen LogP contribution in [-0.4, -0.2) is 45.6 Å². The number of likely N-dealkylation sites (tertiary alicyclic amines) is 1. The summed E-state index contributed by atoms with van der Waals surface area (Å²) in [5.74, 6) is 0.134. The van der Waals surface area contributed by atoms with Gasteiger partial charge in [0, 0.05) is 36.8 Å². The molecule has 5 rings (SSSR count). The maximum absolute atomic E-state index is 13.7. The number of hydrogen-bond acceptors (Lipinski definition) is 3. The van der Waals surface area contributed by atoms with E-state index in [1.54, 1.807) is 0 Å². The summed E-state index contributed by atoms with van der Waals surface area (Å²) in [4.78, 5) is 28.0. The topological polar surface area (TPSA) is 67.2 Å². The van der Waals surface area contributed by atoms with Crippen LogP contribution in [0.5, 0.6) is 0 Å². The Balaban J connectivity index is 1.41. The van der Waals surface area contributed by atoms with E-state index in [2.05, 4.69) is 36.5 Å². The molecular formula is C28H32N4O2. The molecular weight excluding hydrogens is 424 g/mol. The fourth-order valence-corrected chi connectivity index (χ4v) is 4.65. The molecule has 2 aromatic carbocycles. The fraction of sp³-hybridized carbons (Fsp3) is 0.393. The van der Waals surface area contributed by atoms with E-state index in [0.29, 0.717) is 43.2 Å². The molecule has 0 bridgehead atoms. The second kappa shape index (κ2) is 9.45. The third-order valence-electron chi connectivity index (χ3n) is 7.02. The minimum Gasteiger partial charge on any atom is -0.353 e. The molecule has 1 N–H and O–H groups in total. The van der Waals surface area contributed by atoms with Gasteiger partial charge in [-0.2, -0.15) is 5.10 Å². The summed E-state index contributed by atoms with van der Waals surface area (Å²) in [6, 6.07) is 16.7. The second-order valence-corrected chi connectivity index (χ2v) is 9.52. The average molecular weight is 457 g/mol. The Bertz CT molecular complexity index is 1190. The number of piperidine rings is 1. The molecule has 1 saturated heterocycles. The quantitative estimate of drug-likeness (QED) is 0.592. The van der Waals surface area contributed by atoms with Gasteiger partial charge in [0.05, 0.1) is 11.3 Å². The lowest BCUT2D eigenvalue weighted by Gasteiger charge is -2.31. The van der Waals surface area contributed by atoms with E-state index >= 15 is 0 Å². The molecule has 0 unspecified atom stereocenters. The maximum atomic E-state index is 13.7. The second-order valence-electron chi connectivity index (χ2n) is 9.52. The van der Waals surface area contributed by atoms with E-state index in [1.165, 1.54) is 5.56 Å². The zero-order valence-electron chi connectivity index (χ0n) is 20.0. The summed E-state index contributed by atoms with van der Waals surface area (Å²) < 4.78 is 1.82. The Morgan fingerprint density at radius 1 is 1.00 bits per heavy atom. The Morgan fingerprint density at radius 3 is 2.35 bits per heavy atom. The summed E-state index contributed by atoms with van der Waals surface area (Å²) in [6.45, 7) is 5.35. The third kappa shape index (κ3) is 4.63. The van der Waals surface area contributed by atoms with Crippen molar-refractivity contribution in [3.05, 3.63) is 71.4 Å². The molecule has 176 valence electrons. The van der Waals surface area contributed by atoms with Gasteiger partial charge in [0.1, 0.15) is 5.69 Å². The van der Waals surface area contributed by atoms with Crippen LogP contribution < -0.4 is 5.32 Å². The molecule has 1 aliphatic heterocycles. The van der Waals surface area contributed by atoms with E-state index in [9.17, 15) is 9.59 Å². The first-order chi connectivity index (χ1) is 16.5. The van der Waals surface area contributed by atoms with E-state index in [1.807, 2.05) is 47.0 Å². The van der Waals surface area contributed by atoms with Gasteiger partial charge in [-0.05, 0) is 56.2 Å². The predicted molar refractivity (Wildman–Crippen MR) is 133 cm³/mol. The first kappa shape index (κ1) is 22.4. The van der Waals surface area contributed by atoms with Crippen molar-refractivity contribution in [2.24, 2.45) is 5.92 Å². The van der Waals surface area contributed by atoms with Crippen LogP contribution in [0.1, 0.15) is 54.1 Å². The predicted octanol–water partition coefficient (Wildman–Crippen LogP) is 4.54. The lowest BCUT2D eigenvalue weighted by Crippen LogP contribution is -2.43. The van der Waals surface area contributed by atoms with Crippen molar-refractivity contribution in [1.82, 2.24) is 20.0 Å². The molecule has 3 aromatic rings. The van der Waals surface area contributed by atoms with Gasteiger partial charge < -0.3 is 10.2 Å². The first-order valence-corrected chi connectivity index (χ1v) is 12.4. The van der Waals surface area contributed by atoms with Gasteiger partial charge in [-0.25, -0.2) is 4.68 Å². The highest BCUT2D eigenvalue weighted by Gasteiger charge is 2.32. The molecule has 2 fully saturated rings. The zero-order chi connectivity index (χ0) is 23.7. The first-order valence-electron chi connectivity index (χ1n) is 12.4. The van der Waals surface area contributed by atoms with E-state index < -0.39 is 0 Å². The molecule has 1 aliphatic carbocycles. The van der Waals surface area contributed by atoms with E-state index in [-0.39, 0.29) is 17.7 Å². The van der Waals surface area contributed by atoms with Gasteiger partial charge in [-0.15, -0.1) is 0 Å². The van der Waals surface area contributed by atoms with Crippen LogP contribution >= 0.6 is 0 Å². The molecule has 2 heterocycles. The smallest absolute Gasteiger partial charge is 0.257 e. The number of carbonyl (C=O) groups excluding carboxylic acids is 2. The van der Waals surface area contributed by atoms with Gasteiger partial charge in [-0.1, -0.05) is 49.4 Å². The van der Waals surface area contributed by atoms with Crippen molar-refractivity contribution in [1.29, 1.82) is 0 Å². The van der Waals surface area contributed by atoms with Crippen LogP contribution in [-0.2, 0) is 11.2 Å². The number of para-hydroxylation sites is 1. The van der Waals surface area contributed by atoms with E-state index in [4.69, 9.17) is 5.10 Å². The van der Waals surface area contributed by atoms with Crippen molar-refractivity contribution in [2.45, 2.75) is 52.0 Å². The molecule has 34 heavy (non-hydrogen) atoms. The van der Waals surface area contributed by atoms with Gasteiger partial charge in [0.15, 0.2) is 0 Å². The Kier molecular flexibility index (Phi) is 6.22. The number of rotatable bonds is 6. The van der Waals surface area contributed by atoms with Crippen LogP contribution in [0.4, 0.5) is 0 Å². The number of aryl methyl sites for hydroxylation is 2. The van der Waals surface area contributed by atoms with Crippen molar-refractivity contribution in [3.8, 4) is 16.9 Å². The number of amides is 2. The molecule has 0 spiro atoms. The molecule has 1 aromatic heterocycles. The lowest BCUT2D eigenvalue weighted by molar-refractivity contribution is -0.126. The maximum Gasteiger partial charge on any atom is 0.257 e. The Labute approximate surface area is 201 Å². The summed E-state index contributed by atoms with van der Waals surface area (Å²) in [7, 11) is 0. The van der Waals surface area contributed by atoms with Crippen molar-refractivity contribution < 1.29 is 9.59 Å². The summed E-state index contributed by atoms with van der Waals surface area (Å²) in [5.41, 5.74) is 5.55. The van der Waals surface area contributed by atoms with Crippen LogP contribution in [0, 0.1) is 12.8 Å². The summed E-state index contributed by atoms with van der Waals surface area (Å²) in [6.07, 6.45) is 6.42. The van der Waals surface area contributed by atoms with Crippen LogP contribution in [0.3, 0.4) is 0 Å². The largest absolute Gasteiger partial charge is 0.353 e. The van der Waals surface area contributed by atoms with Crippen molar-refractivity contribution in [3.63, 3.8) is 0 Å². The van der Waals surface area contributed by atoms with Gasteiger partial charge in [0.2, 0.25) is 5.91 Å². The molecule has 0 radical (unpaired) electrons. The number of hydrogen-bond donors (Lipinski definition) is 1. The lowest BCUT2D eigenvalue weighted by atomic mass is 9.95. The normalized spacial score (nSPS) is 16.5. The minimum absolute atomic E-state index is 0.000371. The summed E-state index contributed by atoms with van der Waals surface area (Å²) in [5, 5.41) is 7.98. The highest BCUT2D eigenvalue weighted by molar-refractivity contribution is 6.00. The number of benzene rings is 2. The Hall–Kier alpha value is -3.41. The third-order valence-corrected chi connectivity index (χ3v) is 7.02. The fourth-order valence-electron chi connectivity index (χ4n) is 4.65. The van der Waals surface area contributed by atoms with Gasteiger partial charge in [0.25, 0.3) is 5.91 Å². The molecule has 6 nitrogen and oxygen atoms in total. The van der Waals surface area contributed by atoms with E-state index in [0.717, 1.165) is 36.1 Å². The van der Waals surface area contributed by atoms with Gasteiger partial charge in [-0.3, -0.25) is 9.59 Å². The number of aromatic nitrogens is 2. The molecule has 0 atom stereocenters. The number of nitrogens with one attached hydrogen (secondary N) is 1. The number of nitrogens with zero attached hydrogens (tertiary/aromatic N) is 3.